The van der Waals surface area contributed by atoms with Crippen molar-refractivity contribution in [3.8, 4) is 17.1 Å². The average molecular weight is 375 g/mol. The van der Waals surface area contributed by atoms with Gasteiger partial charge in [-0.15, -0.1) is 10.2 Å². The van der Waals surface area contributed by atoms with Gasteiger partial charge in [0.2, 0.25) is 0 Å². The highest BCUT2D eigenvalue weighted by atomic mass is 32.2. The Kier molecular flexibility index (Phi) is 6.55. The van der Waals surface area contributed by atoms with E-state index in [1.54, 1.807) is 6.92 Å². The van der Waals surface area contributed by atoms with Crippen LogP contribution in [0.2, 0.25) is 0 Å². The zero-order chi connectivity index (χ0) is 18.4. The summed E-state index contributed by atoms with van der Waals surface area (Å²) in [5.74, 6) is 1.70. The van der Waals surface area contributed by atoms with Crippen molar-refractivity contribution in [2.75, 3.05) is 12.4 Å². The maximum absolute atomic E-state index is 11.6. The van der Waals surface area contributed by atoms with E-state index in [9.17, 15) is 4.79 Å². The molecule has 1 aromatic heterocycles. The Bertz CT molecular complexity index is 724. The fourth-order valence-electron chi connectivity index (χ4n) is 3.10. The summed E-state index contributed by atoms with van der Waals surface area (Å²) in [4.78, 5) is 11.6. The van der Waals surface area contributed by atoms with Crippen molar-refractivity contribution in [3.05, 3.63) is 24.3 Å². The summed E-state index contributed by atoms with van der Waals surface area (Å²) in [5.41, 5.74) is 0.987. The molecule has 0 atom stereocenters. The largest absolute Gasteiger partial charge is 0.490 e. The number of thioether (sulfide) groups is 1. The summed E-state index contributed by atoms with van der Waals surface area (Å²) in [6, 6.07) is 8.02. The molecule has 1 heterocycles. The van der Waals surface area contributed by atoms with Gasteiger partial charge in [0.1, 0.15) is 5.75 Å². The molecule has 0 amide bonds. The normalized spacial score (nSPS) is 14.5. The van der Waals surface area contributed by atoms with Crippen molar-refractivity contribution in [1.29, 1.82) is 0 Å². The number of rotatable bonds is 8. The fourth-order valence-corrected chi connectivity index (χ4v) is 3.90. The third kappa shape index (κ3) is 4.58. The lowest BCUT2D eigenvalue weighted by Gasteiger charge is -2.13. The summed E-state index contributed by atoms with van der Waals surface area (Å²) in [7, 11) is 0. The highest BCUT2D eigenvalue weighted by Gasteiger charge is 2.17. The Hall–Kier alpha value is -2.02. The van der Waals surface area contributed by atoms with Crippen LogP contribution in [0.5, 0.6) is 5.75 Å². The Labute approximate surface area is 158 Å². The highest BCUT2D eigenvalue weighted by Crippen LogP contribution is 2.28. The van der Waals surface area contributed by atoms with Crippen molar-refractivity contribution < 1.29 is 14.3 Å². The monoisotopic (exact) mass is 375 g/mol. The van der Waals surface area contributed by atoms with Gasteiger partial charge in [-0.3, -0.25) is 4.79 Å². The second-order valence-corrected chi connectivity index (χ2v) is 7.14. The molecule has 7 heteroatoms. The molecule has 3 rings (SSSR count). The number of hydrogen-bond donors (Lipinski definition) is 0. The molecule has 6 nitrogen and oxygen atoms in total. The molecule has 0 bridgehead atoms. The van der Waals surface area contributed by atoms with E-state index >= 15 is 0 Å². The van der Waals surface area contributed by atoms with E-state index < -0.39 is 0 Å². The van der Waals surface area contributed by atoms with E-state index in [0.29, 0.717) is 12.7 Å². The molecule has 0 aliphatic heterocycles. The van der Waals surface area contributed by atoms with Gasteiger partial charge in [-0.05, 0) is 63.8 Å². The van der Waals surface area contributed by atoms with E-state index in [1.165, 1.54) is 24.6 Å². The molecule has 1 fully saturated rings. The Morgan fingerprint density at radius 1 is 1.19 bits per heavy atom. The van der Waals surface area contributed by atoms with Crippen LogP contribution in [0.25, 0.3) is 11.4 Å². The van der Waals surface area contributed by atoms with Crippen LogP contribution in [0.15, 0.2) is 29.4 Å². The fraction of sp³-hybridized carbons (Fsp3) is 0.526. The molecule has 1 aliphatic rings. The molecule has 0 radical (unpaired) electrons. The van der Waals surface area contributed by atoms with Gasteiger partial charge in [-0.1, -0.05) is 11.8 Å². The summed E-state index contributed by atoms with van der Waals surface area (Å²) in [6.45, 7) is 4.96. The first-order valence-electron chi connectivity index (χ1n) is 9.20. The number of esters is 1. The van der Waals surface area contributed by atoms with Gasteiger partial charge in [0.15, 0.2) is 11.0 Å². The van der Waals surface area contributed by atoms with Gasteiger partial charge in [0.25, 0.3) is 0 Å². The zero-order valence-electron chi connectivity index (χ0n) is 15.3. The predicted molar refractivity (Wildman–Crippen MR) is 101 cm³/mol. The summed E-state index contributed by atoms with van der Waals surface area (Å²) in [5, 5.41) is 9.28. The Morgan fingerprint density at radius 3 is 2.58 bits per heavy atom. The maximum Gasteiger partial charge on any atom is 0.316 e. The van der Waals surface area contributed by atoms with Gasteiger partial charge in [-0.2, -0.15) is 0 Å². The van der Waals surface area contributed by atoms with Crippen molar-refractivity contribution >= 4 is 17.7 Å². The van der Waals surface area contributed by atoms with Gasteiger partial charge in [-0.25, -0.2) is 0 Å². The number of hydrogen-bond acceptors (Lipinski definition) is 6. The highest BCUT2D eigenvalue weighted by molar-refractivity contribution is 7.99. The molecule has 0 saturated heterocycles. The molecule has 1 aliphatic carbocycles. The van der Waals surface area contributed by atoms with Crippen LogP contribution in [0, 0.1) is 0 Å². The first kappa shape index (κ1) is 18.8. The van der Waals surface area contributed by atoms with E-state index in [-0.39, 0.29) is 11.7 Å². The minimum Gasteiger partial charge on any atom is -0.490 e. The molecule has 26 heavy (non-hydrogen) atoms. The first-order valence-corrected chi connectivity index (χ1v) is 10.2. The van der Waals surface area contributed by atoms with Crippen LogP contribution < -0.4 is 4.74 Å². The van der Waals surface area contributed by atoms with E-state index in [0.717, 1.165) is 41.7 Å². The molecule has 0 spiro atoms. The molecule has 1 aromatic carbocycles. The second kappa shape index (κ2) is 9.07. The number of nitrogens with zero attached hydrogens (tertiary/aromatic N) is 3. The minimum atomic E-state index is -0.238. The number of benzene rings is 1. The third-order valence-electron chi connectivity index (χ3n) is 4.37. The van der Waals surface area contributed by atoms with Crippen molar-refractivity contribution in [2.24, 2.45) is 0 Å². The number of carbonyl (C=O) groups excluding carboxylic acids is 1. The van der Waals surface area contributed by atoms with Crippen LogP contribution in [0.1, 0.15) is 39.5 Å². The molecular formula is C19H25N3O3S. The Balaban J connectivity index is 1.69. The Morgan fingerprint density at radius 2 is 1.92 bits per heavy atom. The van der Waals surface area contributed by atoms with Crippen LogP contribution in [-0.4, -0.2) is 39.2 Å². The van der Waals surface area contributed by atoms with Crippen molar-refractivity contribution in [2.45, 2.75) is 57.3 Å². The maximum atomic E-state index is 11.6. The lowest BCUT2D eigenvalue weighted by molar-refractivity contribution is -0.139. The van der Waals surface area contributed by atoms with Crippen LogP contribution in [-0.2, 0) is 16.1 Å². The molecular weight excluding hydrogens is 350 g/mol. The van der Waals surface area contributed by atoms with Crippen molar-refractivity contribution in [1.82, 2.24) is 14.8 Å². The van der Waals surface area contributed by atoms with E-state index in [1.807, 2.05) is 35.8 Å². The number of ether oxygens (including phenoxy) is 2. The molecule has 140 valence electrons. The second-order valence-electron chi connectivity index (χ2n) is 6.19. The third-order valence-corrected chi connectivity index (χ3v) is 5.32. The topological polar surface area (TPSA) is 66.2 Å². The smallest absolute Gasteiger partial charge is 0.316 e. The van der Waals surface area contributed by atoms with Gasteiger partial charge < -0.3 is 14.0 Å². The van der Waals surface area contributed by atoms with E-state index in [2.05, 4.69) is 10.2 Å². The standard InChI is InChI=1S/C19H25N3O3S/c1-3-22-18(20-21-19(22)26-13-17(23)24-4-2)14-9-11-16(12-10-14)25-15-7-5-6-8-15/h9-12,15H,3-8,13H2,1-2H3. The van der Waals surface area contributed by atoms with Gasteiger partial charge in [0.05, 0.1) is 18.5 Å². The predicted octanol–water partition coefficient (Wildman–Crippen LogP) is 3.94. The van der Waals surface area contributed by atoms with Crippen LogP contribution >= 0.6 is 11.8 Å². The molecule has 2 aromatic rings. The van der Waals surface area contributed by atoms with Crippen LogP contribution in [0.4, 0.5) is 0 Å². The SMILES string of the molecule is CCOC(=O)CSc1nnc(-c2ccc(OC3CCCC3)cc2)n1CC. The molecule has 1 saturated carbocycles. The lowest BCUT2D eigenvalue weighted by Crippen LogP contribution is -2.10. The van der Waals surface area contributed by atoms with E-state index in [4.69, 9.17) is 9.47 Å². The minimum absolute atomic E-state index is 0.236. The molecule has 0 N–H and O–H groups in total. The van der Waals surface area contributed by atoms with Gasteiger partial charge in [0, 0.05) is 12.1 Å². The average Bonchev–Trinajstić information content (AvgIpc) is 3.30. The van der Waals surface area contributed by atoms with Crippen LogP contribution in [0.3, 0.4) is 0 Å². The summed E-state index contributed by atoms with van der Waals surface area (Å²) < 4.78 is 13.0. The lowest BCUT2D eigenvalue weighted by atomic mass is 10.2. The zero-order valence-corrected chi connectivity index (χ0v) is 16.1. The van der Waals surface area contributed by atoms with Gasteiger partial charge >= 0.3 is 5.97 Å². The van der Waals surface area contributed by atoms with Crippen molar-refractivity contribution in [3.63, 3.8) is 0 Å². The summed E-state index contributed by atoms with van der Waals surface area (Å²) in [6.07, 6.45) is 5.16. The number of carbonyl (C=O) groups is 1. The first-order chi connectivity index (χ1) is 12.7. The number of aromatic nitrogens is 3. The quantitative estimate of drug-likeness (QED) is 0.514. The summed E-state index contributed by atoms with van der Waals surface area (Å²) >= 11 is 1.35. The molecule has 0 unspecified atom stereocenters.